The summed E-state index contributed by atoms with van der Waals surface area (Å²) < 4.78 is 14.6. The van der Waals surface area contributed by atoms with Crippen LogP contribution in [0.4, 0.5) is 0 Å². The standard InChI is InChI=1S/C20H27N3O9S/c1-20(2)14(18(27)28)23-16(33-20)13(19(29)32-8-9(21)17(25)26)22-15(24)12-10(30-3)6-5-7-11(12)31-4/h5-7,9,13-14,16,23H,8,21H2,1-4H3,(H,22,24)(H,25,26)(H,27,28)/t9-,13-,14-,16-/m1/s1. The fourth-order valence-corrected chi connectivity index (χ4v) is 4.69. The van der Waals surface area contributed by atoms with E-state index in [1.54, 1.807) is 19.9 Å². The molecule has 0 saturated carbocycles. The van der Waals surface area contributed by atoms with Crippen LogP contribution in [0, 0.1) is 0 Å². The third kappa shape index (κ3) is 6.06. The minimum Gasteiger partial charge on any atom is -0.496 e. The van der Waals surface area contributed by atoms with E-state index >= 15 is 0 Å². The van der Waals surface area contributed by atoms with E-state index in [4.69, 9.17) is 25.1 Å². The van der Waals surface area contributed by atoms with E-state index in [1.165, 1.54) is 26.4 Å². The molecule has 0 unspecified atom stereocenters. The molecule has 1 amide bonds. The molecular weight excluding hydrogens is 458 g/mol. The normalized spacial score (nSPS) is 20.9. The molecule has 33 heavy (non-hydrogen) atoms. The fraction of sp³-hybridized carbons (Fsp3) is 0.500. The second-order valence-electron chi connectivity index (χ2n) is 7.64. The van der Waals surface area contributed by atoms with Gasteiger partial charge in [-0.3, -0.25) is 19.7 Å². The van der Waals surface area contributed by atoms with Crippen molar-refractivity contribution in [2.45, 2.75) is 42.1 Å². The van der Waals surface area contributed by atoms with E-state index in [0.717, 1.165) is 11.8 Å². The van der Waals surface area contributed by atoms with Crippen molar-refractivity contribution in [2.24, 2.45) is 5.73 Å². The number of thioether (sulfide) groups is 1. The van der Waals surface area contributed by atoms with Crippen LogP contribution in [0.3, 0.4) is 0 Å². The Balaban J connectivity index is 2.36. The van der Waals surface area contributed by atoms with Gasteiger partial charge in [-0.05, 0) is 26.0 Å². The number of hydrogen-bond donors (Lipinski definition) is 5. The van der Waals surface area contributed by atoms with Gasteiger partial charge in [-0.15, -0.1) is 11.8 Å². The van der Waals surface area contributed by atoms with Gasteiger partial charge in [0.25, 0.3) is 5.91 Å². The highest BCUT2D eigenvalue weighted by molar-refractivity contribution is 8.01. The van der Waals surface area contributed by atoms with Crippen LogP contribution in [0.1, 0.15) is 24.2 Å². The first-order valence-corrected chi connectivity index (χ1v) is 10.6. The van der Waals surface area contributed by atoms with Crippen molar-refractivity contribution in [3.63, 3.8) is 0 Å². The first kappa shape index (κ1) is 26.2. The topological polar surface area (TPSA) is 187 Å². The lowest BCUT2D eigenvalue weighted by atomic mass is 10.0. The van der Waals surface area contributed by atoms with Crippen molar-refractivity contribution < 1.29 is 43.6 Å². The van der Waals surface area contributed by atoms with Crippen LogP contribution < -0.4 is 25.8 Å². The summed E-state index contributed by atoms with van der Waals surface area (Å²) in [6.45, 7) is 2.72. The molecule has 1 aliphatic rings. The number of methoxy groups -OCH3 is 2. The van der Waals surface area contributed by atoms with Gasteiger partial charge in [0.15, 0.2) is 6.04 Å². The quantitative estimate of drug-likeness (QED) is 0.272. The predicted molar refractivity (Wildman–Crippen MR) is 117 cm³/mol. The Hall–Kier alpha value is -3.03. The van der Waals surface area contributed by atoms with Crippen LogP contribution >= 0.6 is 11.8 Å². The van der Waals surface area contributed by atoms with Gasteiger partial charge in [-0.25, -0.2) is 4.79 Å². The number of hydrogen-bond acceptors (Lipinski definition) is 10. The van der Waals surface area contributed by atoms with Gasteiger partial charge in [0, 0.05) is 4.75 Å². The van der Waals surface area contributed by atoms with Crippen LogP contribution in [-0.4, -0.2) is 83.1 Å². The second kappa shape index (κ2) is 10.7. The number of aliphatic carboxylic acids is 2. The van der Waals surface area contributed by atoms with Crippen molar-refractivity contribution in [3.8, 4) is 11.5 Å². The molecule has 4 atom stereocenters. The van der Waals surface area contributed by atoms with Gasteiger partial charge < -0.3 is 35.5 Å². The van der Waals surface area contributed by atoms with Crippen molar-refractivity contribution in [1.29, 1.82) is 0 Å². The molecule has 0 bridgehead atoms. The SMILES string of the molecule is COc1cccc(OC)c1C(=O)N[C@@H](C(=O)OC[C@@H](N)C(=O)O)[C@@H]1N[C@H](C(=O)O)C(C)(C)S1. The number of nitrogens with two attached hydrogens (primary N) is 1. The highest BCUT2D eigenvalue weighted by Crippen LogP contribution is 2.39. The number of ether oxygens (including phenoxy) is 3. The van der Waals surface area contributed by atoms with Gasteiger partial charge in [0.1, 0.15) is 35.8 Å². The Morgan fingerprint density at radius 1 is 1.18 bits per heavy atom. The van der Waals surface area contributed by atoms with Gasteiger partial charge in [0.05, 0.1) is 19.6 Å². The van der Waals surface area contributed by atoms with Crippen LogP contribution in [0.25, 0.3) is 0 Å². The first-order chi connectivity index (χ1) is 15.4. The summed E-state index contributed by atoms with van der Waals surface area (Å²) in [6.07, 6.45) is 0. The highest BCUT2D eigenvalue weighted by atomic mass is 32.2. The number of rotatable bonds is 10. The number of carboxylic acid groups (broad SMARTS) is 2. The monoisotopic (exact) mass is 485 g/mol. The zero-order chi connectivity index (χ0) is 24.9. The van der Waals surface area contributed by atoms with E-state index in [9.17, 15) is 24.3 Å². The van der Waals surface area contributed by atoms with Crippen molar-refractivity contribution in [3.05, 3.63) is 23.8 Å². The smallest absolute Gasteiger partial charge is 0.331 e. The molecule has 2 rings (SSSR count). The van der Waals surface area contributed by atoms with Crippen LogP contribution in [0.5, 0.6) is 11.5 Å². The molecule has 1 aromatic carbocycles. The minimum atomic E-state index is -1.47. The Morgan fingerprint density at radius 3 is 2.21 bits per heavy atom. The summed E-state index contributed by atoms with van der Waals surface area (Å²) in [7, 11) is 2.72. The molecule has 1 saturated heterocycles. The number of amides is 1. The largest absolute Gasteiger partial charge is 0.496 e. The summed E-state index contributed by atoms with van der Waals surface area (Å²) in [5, 5.41) is 22.9. The molecular formula is C20H27N3O9S. The van der Waals surface area contributed by atoms with E-state index in [-0.39, 0.29) is 17.1 Å². The van der Waals surface area contributed by atoms with Gasteiger partial charge in [0.2, 0.25) is 0 Å². The molecule has 6 N–H and O–H groups in total. The van der Waals surface area contributed by atoms with Crippen molar-refractivity contribution in [1.82, 2.24) is 10.6 Å². The molecule has 0 aromatic heterocycles. The first-order valence-electron chi connectivity index (χ1n) is 9.76. The zero-order valence-electron chi connectivity index (χ0n) is 18.5. The van der Waals surface area contributed by atoms with Crippen LogP contribution in [0.2, 0.25) is 0 Å². The molecule has 1 heterocycles. The summed E-state index contributed by atoms with van der Waals surface area (Å²) in [6, 6.07) is 0.795. The average Bonchev–Trinajstić information content (AvgIpc) is 3.09. The summed E-state index contributed by atoms with van der Waals surface area (Å²) in [4.78, 5) is 48.6. The molecule has 13 heteroatoms. The fourth-order valence-electron chi connectivity index (χ4n) is 3.21. The van der Waals surface area contributed by atoms with Gasteiger partial charge in [-0.2, -0.15) is 0 Å². The van der Waals surface area contributed by atoms with Crippen LogP contribution in [0.15, 0.2) is 18.2 Å². The second-order valence-corrected chi connectivity index (χ2v) is 9.44. The highest BCUT2D eigenvalue weighted by Gasteiger charge is 2.50. The molecule has 1 aromatic rings. The van der Waals surface area contributed by atoms with E-state index in [1.807, 2.05) is 0 Å². The number of carbonyl (C=O) groups excluding carboxylic acids is 2. The Kier molecular flexibility index (Phi) is 8.52. The lowest BCUT2D eigenvalue weighted by molar-refractivity contribution is -0.150. The summed E-state index contributed by atoms with van der Waals surface area (Å²) >= 11 is 1.12. The maximum atomic E-state index is 13.1. The van der Waals surface area contributed by atoms with Crippen LogP contribution in [-0.2, 0) is 19.1 Å². The summed E-state index contributed by atoms with van der Waals surface area (Å²) in [5.74, 6) is -3.87. The number of nitrogens with one attached hydrogen (secondary N) is 2. The molecule has 182 valence electrons. The van der Waals surface area contributed by atoms with Gasteiger partial charge in [-0.1, -0.05) is 6.07 Å². The molecule has 1 fully saturated rings. The third-order valence-electron chi connectivity index (χ3n) is 4.92. The van der Waals surface area contributed by atoms with E-state index in [2.05, 4.69) is 10.6 Å². The molecule has 12 nitrogen and oxygen atoms in total. The van der Waals surface area contributed by atoms with Crippen molar-refractivity contribution >= 4 is 35.6 Å². The van der Waals surface area contributed by atoms with Gasteiger partial charge >= 0.3 is 17.9 Å². The average molecular weight is 486 g/mol. The Labute approximate surface area is 194 Å². The lowest BCUT2D eigenvalue weighted by Crippen LogP contribution is -2.55. The summed E-state index contributed by atoms with van der Waals surface area (Å²) in [5.41, 5.74) is 5.41. The Bertz CT molecular complexity index is 902. The number of carbonyl (C=O) groups is 4. The lowest BCUT2D eigenvalue weighted by Gasteiger charge is -2.25. The number of esters is 1. The Morgan fingerprint density at radius 2 is 1.76 bits per heavy atom. The molecule has 0 aliphatic carbocycles. The molecule has 1 aliphatic heterocycles. The maximum absolute atomic E-state index is 13.1. The molecule has 0 radical (unpaired) electrons. The zero-order valence-corrected chi connectivity index (χ0v) is 19.3. The molecule has 0 spiro atoms. The minimum absolute atomic E-state index is 0.0135. The number of benzene rings is 1. The maximum Gasteiger partial charge on any atom is 0.331 e. The predicted octanol–water partition coefficient (Wildman–Crippen LogP) is -0.348. The third-order valence-corrected chi connectivity index (χ3v) is 6.43. The van der Waals surface area contributed by atoms with E-state index in [0.29, 0.717) is 0 Å². The number of carboxylic acids is 2. The van der Waals surface area contributed by atoms with Crippen molar-refractivity contribution in [2.75, 3.05) is 20.8 Å². The van der Waals surface area contributed by atoms with E-state index < -0.39 is 58.7 Å².